The second kappa shape index (κ2) is 15.5. The molecule has 0 aliphatic heterocycles. The topological polar surface area (TPSA) is 63.3 Å². The molecular weight excluding hydrogens is 430 g/mol. The summed E-state index contributed by atoms with van der Waals surface area (Å²) in [5, 5.41) is 9.78. The molecule has 0 bridgehead atoms. The van der Waals surface area contributed by atoms with E-state index < -0.39 is 5.97 Å². The van der Waals surface area contributed by atoms with E-state index in [0.29, 0.717) is 12.5 Å². The Hall–Kier alpha value is -1.61. The molecule has 1 aromatic rings. The molecule has 0 spiro atoms. The number of allylic oxidation sites excluding steroid dienone is 2. The molecule has 3 nitrogen and oxygen atoms in total. The van der Waals surface area contributed by atoms with Crippen LogP contribution in [0.1, 0.15) is 121 Å². The largest absolute Gasteiger partial charge is 0.481 e. The van der Waals surface area contributed by atoms with E-state index in [1.165, 1.54) is 89.0 Å². The summed E-state index contributed by atoms with van der Waals surface area (Å²) in [4.78, 5) is 11.9. The second-order valence-corrected chi connectivity index (χ2v) is 11.6. The van der Waals surface area contributed by atoms with Gasteiger partial charge in [-0.2, -0.15) is 0 Å². The van der Waals surface area contributed by atoms with E-state index in [9.17, 15) is 9.90 Å². The molecule has 2 fully saturated rings. The maximum absolute atomic E-state index is 11.9. The summed E-state index contributed by atoms with van der Waals surface area (Å²) in [6.45, 7) is 0.653. The minimum absolute atomic E-state index is 0.148. The zero-order chi connectivity index (χ0) is 24.8. The first-order valence-corrected chi connectivity index (χ1v) is 14.8. The Bertz CT molecular complexity index is 731. The molecule has 1 aromatic carbocycles. The third kappa shape index (κ3) is 9.41. The summed E-state index contributed by atoms with van der Waals surface area (Å²) < 4.78 is 0. The van der Waals surface area contributed by atoms with Gasteiger partial charge in [0.2, 0.25) is 0 Å². The van der Waals surface area contributed by atoms with Gasteiger partial charge in [0.05, 0.1) is 0 Å². The van der Waals surface area contributed by atoms with Crippen molar-refractivity contribution in [3.05, 3.63) is 48.0 Å². The van der Waals surface area contributed by atoms with Crippen molar-refractivity contribution in [2.24, 2.45) is 23.5 Å². The highest BCUT2D eigenvalue weighted by atomic mass is 16.4. The number of carboxylic acid groups (broad SMARTS) is 1. The standard InChI is InChI=1S/C32H51NO2/c33-24-21-28(18-10-4-2-1-3-7-15-27-16-8-5-9-17-27)29(25-31(34)35)26-32(22-13-14-23-32)30-19-11-6-12-20-30/h1,3,6,11-12,19-20,27-29H,2,4-5,7-10,13-18,21-26,33H2,(H,34,35)/b3-1-/t28-,29+/m0/s1. The van der Waals surface area contributed by atoms with Crippen molar-refractivity contribution in [3.63, 3.8) is 0 Å². The Morgan fingerprint density at radius 1 is 0.943 bits per heavy atom. The van der Waals surface area contributed by atoms with Crippen molar-refractivity contribution in [1.82, 2.24) is 0 Å². The van der Waals surface area contributed by atoms with Gasteiger partial charge in [-0.25, -0.2) is 0 Å². The molecule has 3 rings (SSSR count). The Kier molecular flexibility index (Phi) is 12.4. The van der Waals surface area contributed by atoms with Crippen molar-refractivity contribution < 1.29 is 9.90 Å². The number of carboxylic acids is 1. The summed E-state index contributed by atoms with van der Waals surface area (Å²) in [7, 11) is 0. The van der Waals surface area contributed by atoms with Crippen LogP contribution in [0, 0.1) is 17.8 Å². The first kappa shape index (κ1) is 28.0. The van der Waals surface area contributed by atoms with Gasteiger partial charge in [-0.15, -0.1) is 0 Å². The van der Waals surface area contributed by atoms with Crippen LogP contribution in [0.5, 0.6) is 0 Å². The lowest BCUT2D eigenvalue weighted by Crippen LogP contribution is -2.31. The molecule has 0 unspecified atom stereocenters. The Morgan fingerprint density at radius 3 is 2.34 bits per heavy atom. The van der Waals surface area contributed by atoms with E-state index in [2.05, 4.69) is 42.5 Å². The van der Waals surface area contributed by atoms with Crippen molar-refractivity contribution in [3.8, 4) is 0 Å². The third-order valence-corrected chi connectivity index (χ3v) is 9.07. The predicted molar refractivity (Wildman–Crippen MR) is 148 cm³/mol. The molecule has 2 atom stereocenters. The van der Waals surface area contributed by atoms with Gasteiger partial charge in [-0.3, -0.25) is 4.79 Å². The Balaban J connectivity index is 1.50. The summed E-state index contributed by atoms with van der Waals surface area (Å²) in [5.74, 6) is 0.933. The van der Waals surface area contributed by atoms with Crippen LogP contribution in [0.15, 0.2) is 42.5 Å². The fraction of sp³-hybridized carbons (Fsp3) is 0.719. The van der Waals surface area contributed by atoms with E-state index in [1.807, 2.05) is 0 Å². The maximum atomic E-state index is 11.9. The van der Waals surface area contributed by atoms with Crippen LogP contribution in [0.4, 0.5) is 0 Å². The fourth-order valence-corrected chi connectivity index (χ4v) is 7.13. The average molecular weight is 482 g/mol. The highest BCUT2D eigenvalue weighted by Crippen LogP contribution is 2.48. The van der Waals surface area contributed by atoms with Crippen molar-refractivity contribution in [1.29, 1.82) is 0 Å². The minimum atomic E-state index is -0.654. The van der Waals surface area contributed by atoms with Gasteiger partial charge in [0, 0.05) is 6.42 Å². The second-order valence-electron chi connectivity index (χ2n) is 11.6. The van der Waals surface area contributed by atoms with Crippen molar-refractivity contribution >= 4 is 5.97 Å². The lowest BCUT2D eigenvalue weighted by molar-refractivity contribution is -0.138. The maximum Gasteiger partial charge on any atom is 0.303 e. The molecule has 0 amide bonds. The van der Waals surface area contributed by atoms with E-state index >= 15 is 0 Å². The van der Waals surface area contributed by atoms with Gasteiger partial charge in [0.1, 0.15) is 0 Å². The lowest BCUT2D eigenvalue weighted by Gasteiger charge is -2.37. The number of unbranched alkanes of at least 4 members (excludes halogenated alkanes) is 2. The van der Waals surface area contributed by atoms with Gasteiger partial charge < -0.3 is 10.8 Å². The summed E-state index contributed by atoms with van der Waals surface area (Å²) >= 11 is 0. The Morgan fingerprint density at radius 2 is 1.66 bits per heavy atom. The molecule has 2 aliphatic carbocycles. The number of nitrogens with two attached hydrogens (primary N) is 1. The molecule has 3 heteroatoms. The van der Waals surface area contributed by atoms with Crippen LogP contribution >= 0.6 is 0 Å². The average Bonchev–Trinajstić information content (AvgIpc) is 3.35. The van der Waals surface area contributed by atoms with Crippen LogP contribution in [0.2, 0.25) is 0 Å². The zero-order valence-corrected chi connectivity index (χ0v) is 22.1. The minimum Gasteiger partial charge on any atom is -0.481 e. The summed E-state index contributed by atoms with van der Waals surface area (Å²) in [5.41, 5.74) is 7.60. The lowest BCUT2D eigenvalue weighted by atomic mass is 9.68. The Labute approximate surface area is 215 Å². The monoisotopic (exact) mass is 481 g/mol. The SMILES string of the molecule is NCC[C@H](CCCC/C=C\CCC1CCCCC1)[C@H](CC(=O)O)CC1(c2ccccc2)CCCC1. The number of hydrogen-bond donors (Lipinski definition) is 2. The van der Waals surface area contributed by atoms with E-state index in [-0.39, 0.29) is 17.8 Å². The fourth-order valence-electron chi connectivity index (χ4n) is 7.13. The zero-order valence-electron chi connectivity index (χ0n) is 22.1. The quantitative estimate of drug-likeness (QED) is 0.184. The van der Waals surface area contributed by atoms with Gasteiger partial charge in [0.15, 0.2) is 0 Å². The summed E-state index contributed by atoms with van der Waals surface area (Å²) in [6.07, 6.45) is 26.3. The molecule has 3 N–H and O–H groups in total. The third-order valence-electron chi connectivity index (χ3n) is 9.07. The van der Waals surface area contributed by atoms with Gasteiger partial charge in [-0.1, -0.05) is 100 Å². The molecule has 0 radical (unpaired) electrons. The number of hydrogen-bond acceptors (Lipinski definition) is 2. The van der Waals surface area contributed by atoms with Crippen LogP contribution in [-0.4, -0.2) is 17.6 Å². The molecule has 2 aliphatic rings. The molecule has 0 saturated heterocycles. The van der Waals surface area contributed by atoms with Gasteiger partial charge in [-0.05, 0) is 86.6 Å². The smallest absolute Gasteiger partial charge is 0.303 e. The van der Waals surface area contributed by atoms with Crippen LogP contribution in [0.25, 0.3) is 0 Å². The molecule has 196 valence electrons. The normalized spacial score (nSPS) is 20.3. The van der Waals surface area contributed by atoms with Crippen LogP contribution in [-0.2, 0) is 10.2 Å². The van der Waals surface area contributed by atoms with Gasteiger partial charge in [0.25, 0.3) is 0 Å². The van der Waals surface area contributed by atoms with E-state index in [1.54, 1.807) is 0 Å². The molecule has 2 saturated carbocycles. The molecule has 0 aromatic heterocycles. The van der Waals surface area contributed by atoms with Gasteiger partial charge >= 0.3 is 5.97 Å². The first-order chi connectivity index (χ1) is 17.1. The van der Waals surface area contributed by atoms with Crippen LogP contribution < -0.4 is 5.73 Å². The molecular formula is C32H51NO2. The first-order valence-electron chi connectivity index (χ1n) is 14.8. The molecule has 35 heavy (non-hydrogen) atoms. The number of aliphatic carboxylic acids is 1. The van der Waals surface area contributed by atoms with Crippen molar-refractivity contribution in [2.75, 3.05) is 6.54 Å². The van der Waals surface area contributed by atoms with E-state index in [0.717, 1.165) is 31.6 Å². The number of carbonyl (C=O) groups is 1. The summed E-state index contributed by atoms with van der Waals surface area (Å²) in [6, 6.07) is 10.9. The van der Waals surface area contributed by atoms with E-state index in [4.69, 9.17) is 5.73 Å². The number of rotatable bonds is 16. The van der Waals surface area contributed by atoms with Crippen LogP contribution in [0.3, 0.4) is 0 Å². The highest BCUT2D eigenvalue weighted by Gasteiger charge is 2.39. The van der Waals surface area contributed by atoms with Crippen molar-refractivity contribution in [2.45, 2.75) is 121 Å². The highest BCUT2D eigenvalue weighted by molar-refractivity contribution is 5.67. The predicted octanol–water partition coefficient (Wildman–Crippen LogP) is 8.42. The number of benzene rings is 1. The molecule has 0 heterocycles.